The maximum absolute atomic E-state index is 12.8. The topological polar surface area (TPSA) is 51.4 Å². The van der Waals surface area contributed by atoms with Gasteiger partial charge in [0.1, 0.15) is 0 Å². The normalized spacial score (nSPS) is 22.0. The molecule has 0 fully saturated rings. The van der Waals surface area contributed by atoms with Crippen molar-refractivity contribution in [2.24, 2.45) is 5.92 Å². The predicted octanol–water partition coefficient (Wildman–Crippen LogP) is 2.50. The summed E-state index contributed by atoms with van der Waals surface area (Å²) < 4.78 is 0. The number of likely N-dealkylation sites (N-methyl/N-ethyl adjacent to an activating group) is 2. The van der Waals surface area contributed by atoms with Crippen LogP contribution >= 0.6 is 0 Å². The fourth-order valence-electron chi connectivity index (χ4n) is 4.62. The molecule has 5 heteroatoms. The third-order valence-corrected chi connectivity index (χ3v) is 6.23. The lowest BCUT2D eigenvalue weighted by molar-refractivity contribution is -0.124. The molecule has 2 heterocycles. The van der Waals surface area contributed by atoms with E-state index in [0.717, 1.165) is 32.6 Å². The Hall–Kier alpha value is -2.11. The highest BCUT2D eigenvalue weighted by atomic mass is 16.1. The van der Waals surface area contributed by atoms with E-state index in [2.05, 4.69) is 71.5 Å². The lowest BCUT2D eigenvalue weighted by atomic mass is 9.80. The smallest absolute Gasteiger partial charge is 0.228 e. The first-order chi connectivity index (χ1) is 13.1. The van der Waals surface area contributed by atoms with E-state index in [0.29, 0.717) is 12.6 Å². The first-order valence-corrected chi connectivity index (χ1v) is 10.1. The van der Waals surface area contributed by atoms with Crippen molar-refractivity contribution in [3.05, 3.63) is 41.6 Å². The molecule has 1 aliphatic heterocycles. The molecule has 4 rings (SSSR count). The van der Waals surface area contributed by atoms with Crippen LogP contribution in [0.25, 0.3) is 16.5 Å². The van der Waals surface area contributed by atoms with Crippen molar-refractivity contribution in [1.29, 1.82) is 0 Å². The van der Waals surface area contributed by atoms with Crippen molar-refractivity contribution in [2.45, 2.75) is 26.3 Å². The quantitative estimate of drug-likeness (QED) is 0.826. The van der Waals surface area contributed by atoms with Crippen LogP contribution in [0, 0.1) is 5.92 Å². The molecule has 144 valence electrons. The average molecular weight is 367 g/mol. The number of hydrogen-bond donors (Lipinski definition) is 2. The number of nitrogens with one attached hydrogen (secondary N) is 2. The molecule has 2 aromatic rings. The summed E-state index contributed by atoms with van der Waals surface area (Å²) in [5.41, 5.74) is 5.17. The number of nitrogens with zero attached hydrogens (tertiary/aromatic N) is 2. The third-order valence-electron chi connectivity index (χ3n) is 6.23. The molecule has 0 saturated heterocycles. The highest BCUT2D eigenvalue weighted by Crippen LogP contribution is 2.40. The van der Waals surface area contributed by atoms with Crippen LogP contribution in [0.1, 0.15) is 25.0 Å². The Kier molecular flexibility index (Phi) is 5.06. The van der Waals surface area contributed by atoms with Gasteiger partial charge in [0.25, 0.3) is 0 Å². The average Bonchev–Trinajstić information content (AvgIpc) is 3.10. The van der Waals surface area contributed by atoms with Gasteiger partial charge in [-0.25, -0.2) is 0 Å². The first-order valence-electron chi connectivity index (χ1n) is 10.1. The maximum atomic E-state index is 12.8. The molecule has 0 saturated carbocycles. The van der Waals surface area contributed by atoms with Crippen molar-refractivity contribution in [1.82, 2.24) is 20.1 Å². The van der Waals surface area contributed by atoms with E-state index in [1.807, 2.05) is 0 Å². The lowest BCUT2D eigenvalue weighted by Crippen LogP contribution is -2.47. The Morgan fingerprint density at radius 2 is 2.15 bits per heavy atom. The minimum absolute atomic E-state index is 0.0892. The Balaban J connectivity index is 1.55. The standard InChI is InChI=1S/C22H30N4O/c1-4-26(5-2)10-9-23-22(27)16-11-18-17-7-6-8-19-21(17)15(13-24-19)12-20(18)25(3)14-16/h6-8,11,13,16,20,24H,4-5,9-10,12,14H2,1-3H3,(H,23,27)/t16-,20+/m0/s1. The van der Waals surface area contributed by atoms with Gasteiger partial charge in [-0.05, 0) is 49.3 Å². The van der Waals surface area contributed by atoms with Crippen molar-refractivity contribution in [3.8, 4) is 0 Å². The van der Waals surface area contributed by atoms with Crippen LogP contribution in [-0.4, -0.2) is 66.5 Å². The van der Waals surface area contributed by atoms with Crippen molar-refractivity contribution < 1.29 is 4.79 Å². The van der Waals surface area contributed by atoms with E-state index in [4.69, 9.17) is 0 Å². The molecular weight excluding hydrogens is 336 g/mol. The summed E-state index contributed by atoms with van der Waals surface area (Å²) in [6.07, 6.45) is 5.38. The zero-order chi connectivity index (χ0) is 19.0. The molecule has 1 aromatic heterocycles. The summed E-state index contributed by atoms with van der Waals surface area (Å²) >= 11 is 0. The second-order valence-electron chi connectivity index (χ2n) is 7.75. The minimum atomic E-state index is -0.0892. The molecule has 1 amide bonds. The summed E-state index contributed by atoms with van der Waals surface area (Å²) in [5, 5.41) is 4.48. The van der Waals surface area contributed by atoms with Gasteiger partial charge in [-0.3, -0.25) is 9.69 Å². The van der Waals surface area contributed by atoms with E-state index in [-0.39, 0.29) is 11.8 Å². The second-order valence-corrected chi connectivity index (χ2v) is 7.75. The molecule has 0 radical (unpaired) electrons. The van der Waals surface area contributed by atoms with Crippen LogP contribution in [0.15, 0.2) is 30.5 Å². The largest absolute Gasteiger partial charge is 0.361 e. The summed E-state index contributed by atoms with van der Waals surface area (Å²) in [5.74, 6) is 0.0562. The molecule has 1 aliphatic carbocycles. The number of rotatable bonds is 6. The Morgan fingerprint density at radius 3 is 2.93 bits per heavy atom. The molecule has 27 heavy (non-hydrogen) atoms. The number of carbonyl (C=O) groups is 1. The molecule has 2 aliphatic rings. The van der Waals surface area contributed by atoms with E-state index in [1.54, 1.807) is 0 Å². The fourth-order valence-corrected chi connectivity index (χ4v) is 4.62. The Morgan fingerprint density at radius 1 is 1.33 bits per heavy atom. The summed E-state index contributed by atoms with van der Waals surface area (Å²) in [4.78, 5) is 20.9. The number of hydrogen-bond acceptors (Lipinski definition) is 3. The zero-order valence-electron chi connectivity index (χ0n) is 16.6. The summed E-state index contributed by atoms with van der Waals surface area (Å²) in [6.45, 7) is 8.76. The molecule has 5 nitrogen and oxygen atoms in total. The molecule has 0 bridgehead atoms. The number of aromatic amines is 1. The number of carbonyl (C=O) groups excluding carboxylic acids is 1. The zero-order valence-corrected chi connectivity index (χ0v) is 16.6. The van der Waals surface area contributed by atoms with Gasteiger partial charge in [-0.2, -0.15) is 0 Å². The summed E-state index contributed by atoms with van der Waals surface area (Å²) in [6, 6.07) is 6.80. The van der Waals surface area contributed by atoms with E-state index >= 15 is 0 Å². The monoisotopic (exact) mass is 366 g/mol. The van der Waals surface area contributed by atoms with Gasteiger partial charge in [0, 0.05) is 42.8 Å². The molecular formula is C22H30N4O. The molecule has 0 spiro atoms. The predicted molar refractivity (Wildman–Crippen MR) is 111 cm³/mol. The van der Waals surface area contributed by atoms with E-state index < -0.39 is 0 Å². The van der Waals surface area contributed by atoms with Gasteiger partial charge >= 0.3 is 0 Å². The second kappa shape index (κ2) is 7.49. The number of H-pyrrole nitrogens is 1. The van der Waals surface area contributed by atoms with Gasteiger partial charge in [0.15, 0.2) is 0 Å². The molecule has 0 unspecified atom stereocenters. The van der Waals surface area contributed by atoms with Gasteiger partial charge in [0.05, 0.1) is 5.92 Å². The van der Waals surface area contributed by atoms with E-state index in [1.165, 1.54) is 27.6 Å². The summed E-state index contributed by atoms with van der Waals surface area (Å²) in [7, 11) is 2.14. The van der Waals surface area contributed by atoms with Crippen molar-refractivity contribution in [3.63, 3.8) is 0 Å². The maximum Gasteiger partial charge on any atom is 0.228 e. The van der Waals surface area contributed by atoms with Crippen molar-refractivity contribution >= 4 is 22.4 Å². The number of benzene rings is 1. The van der Waals surface area contributed by atoms with Crippen LogP contribution in [0.2, 0.25) is 0 Å². The van der Waals surface area contributed by atoms with Crippen LogP contribution in [0.5, 0.6) is 0 Å². The molecule has 2 N–H and O–H groups in total. The van der Waals surface area contributed by atoms with Crippen LogP contribution < -0.4 is 5.32 Å². The third kappa shape index (κ3) is 3.30. The Labute approximate surface area is 161 Å². The van der Waals surface area contributed by atoms with Crippen LogP contribution in [0.4, 0.5) is 0 Å². The highest BCUT2D eigenvalue weighted by Gasteiger charge is 2.35. The van der Waals surface area contributed by atoms with Gasteiger partial charge in [-0.1, -0.05) is 32.1 Å². The SMILES string of the molecule is CCN(CC)CCNC(=O)[C@H]1C=C2c3cccc4[nH]cc(c34)C[C@H]2N(C)C1. The van der Waals surface area contributed by atoms with Crippen molar-refractivity contribution in [2.75, 3.05) is 39.8 Å². The van der Waals surface area contributed by atoms with Crippen LogP contribution in [-0.2, 0) is 11.2 Å². The fraction of sp³-hybridized carbons (Fsp3) is 0.500. The number of amides is 1. The number of aromatic nitrogens is 1. The highest BCUT2D eigenvalue weighted by molar-refractivity contribution is 5.99. The first kappa shape index (κ1) is 18.3. The number of fused-ring (bicyclic) bond motifs is 2. The molecule has 1 aromatic carbocycles. The molecule has 2 atom stereocenters. The van der Waals surface area contributed by atoms with Gasteiger partial charge in [0.2, 0.25) is 5.91 Å². The van der Waals surface area contributed by atoms with Crippen LogP contribution in [0.3, 0.4) is 0 Å². The van der Waals surface area contributed by atoms with E-state index in [9.17, 15) is 4.79 Å². The minimum Gasteiger partial charge on any atom is -0.361 e. The van der Waals surface area contributed by atoms with Gasteiger partial charge in [-0.15, -0.1) is 0 Å². The lowest BCUT2D eigenvalue weighted by Gasteiger charge is -2.39. The van der Waals surface area contributed by atoms with Gasteiger partial charge < -0.3 is 15.2 Å². The Bertz CT molecular complexity index is 864.